The number of hydrogen-bond acceptors (Lipinski definition) is 4. The number of nitrogens with zero attached hydrogens (tertiary/aromatic N) is 2. The predicted octanol–water partition coefficient (Wildman–Crippen LogP) is 1.15. The Kier molecular flexibility index (Phi) is 3.65. The number of hydrogen-bond donors (Lipinski definition) is 1. The monoisotopic (exact) mass is 281 g/mol. The number of fused-ring (bicyclic) bond motifs is 1. The zero-order valence-corrected chi connectivity index (χ0v) is 13.6. The van der Waals surface area contributed by atoms with Crippen molar-refractivity contribution in [2.75, 3.05) is 39.3 Å². The third-order valence-electron chi connectivity index (χ3n) is 6.40. The first-order chi connectivity index (χ1) is 9.40. The van der Waals surface area contributed by atoms with Crippen LogP contribution in [0.2, 0.25) is 0 Å². The van der Waals surface area contributed by atoms with Gasteiger partial charge in [-0.15, -0.1) is 0 Å². The number of likely N-dealkylation sites (N-methyl/N-ethyl adjacent to an activating group) is 1. The van der Waals surface area contributed by atoms with Gasteiger partial charge in [0.1, 0.15) is 0 Å². The summed E-state index contributed by atoms with van der Waals surface area (Å²) in [5, 5.41) is 0. The van der Waals surface area contributed by atoms with E-state index in [4.69, 9.17) is 10.5 Å². The smallest absolute Gasteiger partial charge is 0.0691 e. The molecule has 0 aromatic rings. The molecule has 0 aromatic heterocycles. The Morgan fingerprint density at radius 2 is 2.05 bits per heavy atom. The average Bonchev–Trinajstić information content (AvgIpc) is 2.87. The van der Waals surface area contributed by atoms with Crippen LogP contribution in [0.25, 0.3) is 0 Å². The summed E-state index contributed by atoms with van der Waals surface area (Å²) in [6.45, 7) is 15.8. The molecule has 2 N–H and O–H groups in total. The first-order valence-electron chi connectivity index (χ1n) is 8.27. The first-order valence-corrected chi connectivity index (χ1v) is 8.27. The van der Waals surface area contributed by atoms with Crippen molar-refractivity contribution in [3.63, 3.8) is 0 Å². The standard InChI is InChI=1S/C16H31N3O/c1-5-19-8-7-18(10-12(19)2)11-16(17)13-6-9-20-14(13)15(16,3)4/h12-14H,5-11,17H2,1-4H3. The van der Waals surface area contributed by atoms with Gasteiger partial charge in [0, 0.05) is 55.7 Å². The molecule has 0 radical (unpaired) electrons. The van der Waals surface area contributed by atoms with Crippen molar-refractivity contribution in [2.24, 2.45) is 17.1 Å². The summed E-state index contributed by atoms with van der Waals surface area (Å²) in [5.74, 6) is 0.567. The second-order valence-electron chi connectivity index (χ2n) is 7.66. The Morgan fingerprint density at radius 3 is 2.70 bits per heavy atom. The fourth-order valence-corrected chi connectivity index (χ4v) is 4.85. The van der Waals surface area contributed by atoms with Crippen LogP contribution in [0.5, 0.6) is 0 Å². The zero-order valence-electron chi connectivity index (χ0n) is 13.6. The summed E-state index contributed by atoms with van der Waals surface area (Å²) >= 11 is 0. The van der Waals surface area contributed by atoms with Crippen LogP contribution in [0.4, 0.5) is 0 Å². The minimum atomic E-state index is -0.0672. The normalized spacial score (nSPS) is 45.1. The van der Waals surface area contributed by atoms with Crippen molar-refractivity contribution in [3.8, 4) is 0 Å². The molecule has 4 heteroatoms. The van der Waals surface area contributed by atoms with Gasteiger partial charge in [0.15, 0.2) is 0 Å². The Hall–Kier alpha value is -0.160. The molecular weight excluding hydrogens is 250 g/mol. The highest BCUT2D eigenvalue weighted by Crippen LogP contribution is 2.58. The summed E-state index contributed by atoms with van der Waals surface area (Å²) in [7, 11) is 0. The molecule has 2 aliphatic heterocycles. The van der Waals surface area contributed by atoms with Crippen molar-refractivity contribution < 1.29 is 4.74 Å². The fraction of sp³-hybridized carbons (Fsp3) is 1.00. The molecule has 3 aliphatic rings. The molecule has 4 nitrogen and oxygen atoms in total. The van der Waals surface area contributed by atoms with E-state index in [1.807, 2.05) is 0 Å². The summed E-state index contributed by atoms with van der Waals surface area (Å²) in [6, 6.07) is 0.649. The van der Waals surface area contributed by atoms with E-state index in [-0.39, 0.29) is 11.0 Å². The van der Waals surface area contributed by atoms with Crippen LogP contribution >= 0.6 is 0 Å². The van der Waals surface area contributed by atoms with E-state index >= 15 is 0 Å². The van der Waals surface area contributed by atoms with Crippen molar-refractivity contribution in [1.29, 1.82) is 0 Å². The summed E-state index contributed by atoms with van der Waals surface area (Å²) in [6.07, 6.45) is 1.54. The molecule has 0 bridgehead atoms. The van der Waals surface area contributed by atoms with Crippen molar-refractivity contribution >= 4 is 0 Å². The van der Waals surface area contributed by atoms with Gasteiger partial charge in [0.2, 0.25) is 0 Å². The molecule has 0 spiro atoms. The van der Waals surface area contributed by atoms with E-state index in [0.29, 0.717) is 18.1 Å². The van der Waals surface area contributed by atoms with Gasteiger partial charge in [-0.3, -0.25) is 9.80 Å². The van der Waals surface area contributed by atoms with Crippen LogP contribution in [0.1, 0.15) is 34.1 Å². The number of rotatable bonds is 3. The summed E-state index contributed by atoms with van der Waals surface area (Å²) < 4.78 is 5.90. The maximum atomic E-state index is 6.87. The van der Waals surface area contributed by atoms with Crippen LogP contribution in [-0.4, -0.2) is 66.8 Å². The second kappa shape index (κ2) is 4.94. The molecule has 2 heterocycles. The van der Waals surface area contributed by atoms with Crippen molar-refractivity contribution in [2.45, 2.75) is 51.8 Å². The Balaban J connectivity index is 1.66. The molecular formula is C16H31N3O. The summed E-state index contributed by atoms with van der Waals surface area (Å²) in [5.41, 5.74) is 6.92. The SMILES string of the molecule is CCN1CCN(CC2(N)C3CCOC3C2(C)C)CC1C. The lowest BCUT2D eigenvalue weighted by Crippen LogP contribution is -2.78. The molecule has 1 saturated carbocycles. The highest BCUT2D eigenvalue weighted by molar-refractivity contribution is 5.21. The molecule has 3 fully saturated rings. The molecule has 116 valence electrons. The number of piperazine rings is 1. The molecule has 20 heavy (non-hydrogen) atoms. The van der Waals surface area contributed by atoms with E-state index in [1.54, 1.807) is 0 Å². The Morgan fingerprint density at radius 1 is 1.30 bits per heavy atom. The van der Waals surface area contributed by atoms with Crippen LogP contribution in [-0.2, 0) is 4.74 Å². The van der Waals surface area contributed by atoms with Gasteiger partial charge in [-0.2, -0.15) is 0 Å². The molecule has 3 rings (SSSR count). The predicted molar refractivity (Wildman–Crippen MR) is 81.7 cm³/mol. The van der Waals surface area contributed by atoms with E-state index in [9.17, 15) is 0 Å². The molecule has 4 atom stereocenters. The van der Waals surface area contributed by atoms with Gasteiger partial charge >= 0.3 is 0 Å². The molecule has 4 unspecified atom stereocenters. The van der Waals surface area contributed by atoms with Crippen LogP contribution in [0.15, 0.2) is 0 Å². The quantitative estimate of drug-likeness (QED) is 0.843. The van der Waals surface area contributed by atoms with Gasteiger partial charge in [-0.1, -0.05) is 20.8 Å². The average molecular weight is 281 g/mol. The van der Waals surface area contributed by atoms with Crippen LogP contribution in [0.3, 0.4) is 0 Å². The fourth-order valence-electron chi connectivity index (χ4n) is 4.85. The third-order valence-corrected chi connectivity index (χ3v) is 6.40. The minimum absolute atomic E-state index is 0.0672. The Bertz CT molecular complexity index is 373. The van der Waals surface area contributed by atoms with Gasteiger partial charge in [-0.05, 0) is 19.9 Å². The molecule has 1 aliphatic carbocycles. The maximum absolute atomic E-state index is 6.87. The number of ether oxygens (including phenoxy) is 1. The van der Waals surface area contributed by atoms with Crippen molar-refractivity contribution in [1.82, 2.24) is 9.80 Å². The zero-order chi connectivity index (χ0) is 14.5. The van der Waals surface area contributed by atoms with Crippen LogP contribution in [0, 0.1) is 11.3 Å². The lowest BCUT2D eigenvalue weighted by molar-refractivity contribution is -0.165. The minimum Gasteiger partial charge on any atom is -0.377 e. The molecule has 0 amide bonds. The lowest BCUT2D eigenvalue weighted by Gasteiger charge is -2.64. The van der Waals surface area contributed by atoms with Gasteiger partial charge < -0.3 is 10.5 Å². The first kappa shape index (κ1) is 14.8. The van der Waals surface area contributed by atoms with Gasteiger partial charge in [-0.25, -0.2) is 0 Å². The molecule has 0 aromatic carbocycles. The summed E-state index contributed by atoms with van der Waals surface area (Å²) in [4.78, 5) is 5.15. The number of nitrogens with two attached hydrogens (primary N) is 1. The highest BCUT2D eigenvalue weighted by Gasteiger charge is 2.67. The third kappa shape index (κ3) is 1.96. The van der Waals surface area contributed by atoms with E-state index < -0.39 is 0 Å². The van der Waals surface area contributed by atoms with Gasteiger partial charge in [0.25, 0.3) is 0 Å². The van der Waals surface area contributed by atoms with E-state index in [0.717, 1.165) is 39.2 Å². The highest BCUT2D eigenvalue weighted by atomic mass is 16.5. The van der Waals surface area contributed by atoms with E-state index in [1.165, 1.54) is 6.54 Å². The maximum Gasteiger partial charge on any atom is 0.0691 e. The van der Waals surface area contributed by atoms with Crippen LogP contribution < -0.4 is 5.73 Å². The van der Waals surface area contributed by atoms with Gasteiger partial charge in [0.05, 0.1) is 6.10 Å². The second-order valence-corrected chi connectivity index (χ2v) is 7.66. The topological polar surface area (TPSA) is 41.7 Å². The van der Waals surface area contributed by atoms with Crippen molar-refractivity contribution in [3.05, 3.63) is 0 Å². The molecule has 2 saturated heterocycles. The lowest BCUT2D eigenvalue weighted by atomic mass is 9.48. The largest absolute Gasteiger partial charge is 0.377 e. The van der Waals surface area contributed by atoms with E-state index in [2.05, 4.69) is 37.5 Å². The Labute approximate surface area is 123 Å².